The molecule has 0 amide bonds. The number of rotatable bonds is 6. The van der Waals surface area contributed by atoms with Crippen LogP contribution in [0.5, 0.6) is 0 Å². The molecule has 51 heavy (non-hydrogen) atoms. The van der Waals surface area contributed by atoms with Crippen molar-refractivity contribution in [3.63, 3.8) is 0 Å². The van der Waals surface area contributed by atoms with Gasteiger partial charge >= 0.3 is 0 Å². The Bertz CT molecular complexity index is 2710. The van der Waals surface area contributed by atoms with Crippen molar-refractivity contribution in [2.24, 2.45) is 0 Å². The third-order valence-corrected chi connectivity index (χ3v) is 10.1. The van der Waals surface area contributed by atoms with Gasteiger partial charge in [0.25, 0.3) is 0 Å². The van der Waals surface area contributed by atoms with Crippen LogP contribution in [-0.4, -0.2) is 11.6 Å². The van der Waals surface area contributed by atoms with E-state index in [-0.39, 0.29) is 17.1 Å². The van der Waals surface area contributed by atoms with Crippen LogP contribution < -0.4 is 4.90 Å². The fourth-order valence-electron chi connectivity index (χ4n) is 7.43. The summed E-state index contributed by atoms with van der Waals surface area (Å²) in [4.78, 5) is 29.9. The number of anilines is 3. The quantitative estimate of drug-likeness (QED) is 0.132. The maximum absolute atomic E-state index is 13.8. The summed E-state index contributed by atoms with van der Waals surface area (Å²) >= 11 is 0. The lowest BCUT2D eigenvalue weighted by atomic mass is 9.96. The van der Waals surface area contributed by atoms with Crippen LogP contribution in [0.2, 0.25) is 0 Å². The van der Waals surface area contributed by atoms with Crippen molar-refractivity contribution in [3.8, 4) is 11.1 Å². The minimum Gasteiger partial charge on any atom is -0.310 e. The summed E-state index contributed by atoms with van der Waals surface area (Å²) in [6.45, 7) is 2.11. The second-order valence-corrected chi connectivity index (χ2v) is 13.2. The third-order valence-electron chi connectivity index (χ3n) is 10.1. The van der Waals surface area contributed by atoms with Crippen LogP contribution in [0.3, 0.4) is 0 Å². The lowest BCUT2D eigenvalue weighted by Crippen LogP contribution is -2.09. The first kappa shape index (κ1) is 30.5. The van der Waals surface area contributed by atoms with Gasteiger partial charge in [-0.2, -0.15) is 0 Å². The summed E-state index contributed by atoms with van der Waals surface area (Å²) in [5.41, 5.74) is 8.55. The fraction of sp³-hybridized carbons (Fsp3) is 0.0417. The highest BCUT2D eigenvalue weighted by Crippen LogP contribution is 2.39. The zero-order chi connectivity index (χ0) is 34.5. The highest BCUT2D eigenvalue weighted by molar-refractivity contribution is 6.42. The first-order chi connectivity index (χ1) is 25.0. The van der Waals surface area contributed by atoms with Crippen LogP contribution >= 0.6 is 0 Å². The molecule has 0 saturated carbocycles. The molecule has 8 aromatic rings. The van der Waals surface area contributed by atoms with E-state index in [4.69, 9.17) is 0 Å². The predicted octanol–water partition coefficient (Wildman–Crippen LogP) is 12.3. The molecule has 0 unspecified atom stereocenters. The minimum absolute atomic E-state index is 0.213. The van der Waals surface area contributed by atoms with E-state index in [0.29, 0.717) is 11.1 Å². The van der Waals surface area contributed by atoms with Crippen molar-refractivity contribution in [1.29, 1.82) is 0 Å². The molecule has 0 fully saturated rings. The van der Waals surface area contributed by atoms with Crippen molar-refractivity contribution < 1.29 is 9.59 Å². The van der Waals surface area contributed by atoms with Gasteiger partial charge in [0, 0.05) is 28.2 Å². The molecule has 242 valence electrons. The number of para-hydroxylation sites is 1. The number of ketones is 2. The normalized spacial score (nSPS) is 13.4. The predicted molar refractivity (Wildman–Crippen MR) is 212 cm³/mol. The largest absolute Gasteiger partial charge is 0.310 e. The summed E-state index contributed by atoms with van der Waals surface area (Å²) in [5.74, 6) is -0.427. The molecule has 3 heteroatoms. The molecule has 0 heterocycles. The van der Waals surface area contributed by atoms with Gasteiger partial charge in [-0.15, -0.1) is 0 Å². The van der Waals surface area contributed by atoms with Gasteiger partial charge in [-0.25, -0.2) is 0 Å². The lowest BCUT2D eigenvalue weighted by molar-refractivity contribution is 0.0990. The van der Waals surface area contributed by atoms with Gasteiger partial charge < -0.3 is 4.90 Å². The fourth-order valence-corrected chi connectivity index (χ4v) is 7.43. The van der Waals surface area contributed by atoms with Crippen LogP contribution in [0.4, 0.5) is 17.1 Å². The Kier molecular flexibility index (Phi) is 7.40. The Balaban J connectivity index is 1.10. The van der Waals surface area contributed by atoms with Crippen molar-refractivity contribution in [1.82, 2.24) is 0 Å². The van der Waals surface area contributed by atoms with E-state index in [2.05, 4.69) is 133 Å². The molecule has 3 nitrogen and oxygen atoms in total. The number of nitrogens with zero attached hydrogens (tertiary/aromatic N) is 1. The SMILES string of the molecule is CCc1cc2cc(N(c3ccccc3)c3ccc4ccccc4c3)ccc2cc1C=C1C(=O)c2cc3ccc(-c4ccccc4)cc3cc2C1=O. The summed E-state index contributed by atoms with van der Waals surface area (Å²) in [5, 5.41) is 6.42. The molecule has 1 aliphatic carbocycles. The average molecular weight is 656 g/mol. The van der Waals surface area contributed by atoms with Gasteiger partial charge in [0.05, 0.1) is 5.57 Å². The monoisotopic (exact) mass is 655 g/mol. The van der Waals surface area contributed by atoms with Gasteiger partial charge in [-0.1, -0.05) is 110 Å². The topological polar surface area (TPSA) is 37.4 Å². The Hall–Kier alpha value is -6.58. The van der Waals surface area contributed by atoms with Crippen molar-refractivity contribution in [2.45, 2.75) is 13.3 Å². The number of Topliss-reactive ketones (excluding diaryl/α,β-unsaturated/α-hetero) is 2. The molecule has 9 rings (SSSR count). The van der Waals surface area contributed by atoms with Crippen molar-refractivity contribution >= 4 is 67.0 Å². The molecule has 0 aromatic heterocycles. The molecule has 0 aliphatic heterocycles. The summed E-state index contributed by atoms with van der Waals surface area (Å²) in [7, 11) is 0. The Morgan fingerprint density at radius 2 is 1.00 bits per heavy atom. The molecular formula is C48H33NO2. The van der Waals surface area contributed by atoms with Crippen LogP contribution in [0.25, 0.3) is 49.5 Å². The number of carbonyl (C=O) groups excluding carboxylic acids is 2. The van der Waals surface area contributed by atoms with E-state index in [1.165, 1.54) is 10.8 Å². The number of allylic oxidation sites excluding steroid dienone is 1. The molecule has 0 spiro atoms. The highest BCUT2D eigenvalue weighted by Gasteiger charge is 2.33. The summed E-state index contributed by atoms with van der Waals surface area (Å²) in [6, 6.07) is 56.4. The van der Waals surface area contributed by atoms with E-state index in [9.17, 15) is 9.59 Å². The van der Waals surface area contributed by atoms with Crippen LogP contribution in [0, 0.1) is 0 Å². The van der Waals surface area contributed by atoms with E-state index in [1.54, 1.807) is 0 Å². The van der Waals surface area contributed by atoms with E-state index in [0.717, 1.165) is 67.3 Å². The van der Waals surface area contributed by atoms with Crippen molar-refractivity contribution in [3.05, 3.63) is 192 Å². The van der Waals surface area contributed by atoms with Gasteiger partial charge in [0.1, 0.15) is 0 Å². The molecular weight excluding hydrogens is 623 g/mol. The van der Waals surface area contributed by atoms with Crippen LogP contribution in [0.15, 0.2) is 169 Å². The Morgan fingerprint density at radius 1 is 0.451 bits per heavy atom. The second kappa shape index (κ2) is 12.4. The molecule has 0 N–H and O–H groups in total. The smallest absolute Gasteiger partial charge is 0.197 e. The van der Waals surface area contributed by atoms with E-state index < -0.39 is 0 Å². The molecule has 0 radical (unpaired) electrons. The summed E-state index contributed by atoms with van der Waals surface area (Å²) in [6.07, 6.45) is 2.57. The summed E-state index contributed by atoms with van der Waals surface area (Å²) < 4.78 is 0. The van der Waals surface area contributed by atoms with Crippen LogP contribution in [0.1, 0.15) is 38.8 Å². The number of hydrogen-bond acceptors (Lipinski definition) is 3. The zero-order valence-corrected chi connectivity index (χ0v) is 28.1. The second-order valence-electron chi connectivity index (χ2n) is 13.2. The number of aryl methyl sites for hydroxylation is 1. The lowest BCUT2D eigenvalue weighted by Gasteiger charge is -2.26. The number of hydrogen-bond donors (Lipinski definition) is 0. The van der Waals surface area contributed by atoms with E-state index in [1.807, 2.05) is 48.5 Å². The Morgan fingerprint density at radius 3 is 1.73 bits per heavy atom. The zero-order valence-electron chi connectivity index (χ0n) is 28.1. The third kappa shape index (κ3) is 5.40. The molecule has 8 aromatic carbocycles. The minimum atomic E-state index is -0.214. The molecule has 1 aliphatic rings. The highest BCUT2D eigenvalue weighted by atomic mass is 16.2. The first-order valence-corrected chi connectivity index (χ1v) is 17.4. The van der Waals surface area contributed by atoms with Crippen molar-refractivity contribution in [2.75, 3.05) is 4.90 Å². The van der Waals surface area contributed by atoms with Gasteiger partial charge in [-0.3, -0.25) is 9.59 Å². The standard InChI is InChI=1S/C48H33NO2/c1-2-31-23-38-27-43(49(41-15-7-4-8-16-41)42-21-19-33-13-9-10-14-34(33)26-42)22-20-36(38)25-39(31)30-46-47(50)44-28-37-18-17-35(32-11-5-3-6-12-32)24-40(37)29-45(44)48(46)51/h3-30H,2H2,1H3. The maximum atomic E-state index is 13.8. The average Bonchev–Trinajstić information content (AvgIpc) is 3.41. The number of benzene rings is 8. The number of carbonyl (C=O) groups is 2. The van der Waals surface area contributed by atoms with Gasteiger partial charge in [0.2, 0.25) is 0 Å². The first-order valence-electron chi connectivity index (χ1n) is 17.4. The Labute approximate surface area is 296 Å². The van der Waals surface area contributed by atoms with E-state index >= 15 is 0 Å². The van der Waals surface area contributed by atoms with Gasteiger partial charge in [-0.05, 0) is 128 Å². The molecule has 0 atom stereocenters. The van der Waals surface area contributed by atoms with Gasteiger partial charge in [0.15, 0.2) is 11.6 Å². The maximum Gasteiger partial charge on any atom is 0.197 e. The number of fused-ring (bicyclic) bond motifs is 4. The molecule has 0 saturated heterocycles. The van der Waals surface area contributed by atoms with Crippen LogP contribution in [-0.2, 0) is 6.42 Å². The molecule has 0 bridgehead atoms.